The molecule has 0 aromatic heterocycles. The Morgan fingerprint density at radius 3 is 2.53 bits per heavy atom. The molecule has 0 heterocycles. The van der Waals surface area contributed by atoms with Crippen molar-refractivity contribution in [3.05, 3.63) is 35.4 Å². The minimum atomic E-state index is -0.437. The standard InChI is InChI=1S/C14H20O3/c1-11-7-9-12(10-8-11)13(15)5-3-4-6-14(16)17-2/h7-10,13,15H,3-6H2,1-2H3. The highest BCUT2D eigenvalue weighted by Crippen LogP contribution is 2.19. The number of methoxy groups -OCH3 is 1. The molecule has 0 fully saturated rings. The Hall–Kier alpha value is -1.35. The van der Waals surface area contributed by atoms with Crippen molar-refractivity contribution in [1.29, 1.82) is 0 Å². The van der Waals surface area contributed by atoms with Gasteiger partial charge in [0.05, 0.1) is 13.2 Å². The fourth-order valence-electron chi connectivity index (χ4n) is 1.66. The van der Waals surface area contributed by atoms with E-state index in [4.69, 9.17) is 0 Å². The molecule has 3 nitrogen and oxygen atoms in total. The lowest BCUT2D eigenvalue weighted by molar-refractivity contribution is -0.140. The largest absolute Gasteiger partial charge is 0.469 e. The first-order valence-electron chi connectivity index (χ1n) is 5.95. The summed E-state index contributed by atoms with van der Waals surface area (Å²) < 4.78 is 4.55. The number of ether oxygens (including phenoxy) is 1. The van der Waals surface area contributed by atoms with E-state index in [2.05, 4.69) is 4.74 Å². The molecule has 1 rings (SSSR count). The maximum Gasteiger partial charge on any atom is 0.305 e. The van der Waals surface area contributed by atoms with Crippen LogP contribution in [0.4, 0.5) is 0 Å². The second kappa shape index (κ2) is 7.07. The molecule has 1 aromatic rings. The van der Waals surface area contributed by atoms with Crippen LogP contribution in [0.5, 0.6) is 0 Å². The molecule has 1 atom stereocenters. The molecule has 0 aliphatic rings. The lowest BCUT2D eigenvalue weighted by Gasteiger charge is -2.10. The summed E-state index contributed by atoms with van der Waals surface area (Å²) in [5, 5.41) is 9.92. The van der Waals surface area contributed by atoms with Crippen LogP contribution < -0.4 is 0 Å². The highest BCUT2D eigenvalue weighted by atomic mass is 16.5. The highest BCUT2D eigenvalue weighted by molar-refractivity contribution is 5.68. The van der Waals surface area contributed by atoms with Crippen LogP contribution in [0.1, 0.15) is 42.9 Å². The molecule has 0 amide bonds. The van der Waals surface area contributed by atoms with Crippen molar-refractivity contribution in [3.63, 3.8) is 0 Å². The molecular formula is C14H20O3. The normalized spacial score (nSPS) is 12.2. The zero-order valence-electron chi connectivity index (χ0n) is 10.5. The molecule has 0 bridgehead atoms. The number of aryl methyl sites for hydroxylation is 1. The molecule has 0 saturated heterocycles. The van der Waals surface area contributed by atoms with Gasteiger partial charge in [-0.1, -0.05) is 29.8 Å². The van der Waals surface area contributed by atoms with Crippen LogP contribution in [0.2, 0.25) is 0 Å². The van der Waals surface area contributed by atoms with Crippen LogP contribution in [0.15, 0.2) is 24.3 Å². The molecule has 0 aliphatic carbocycles. The molecule has 1 aromatic carbocycles. The Morgan fingerprint density at radius 2 is 1.94 bits per heavy atom. The summed E-state index contributed by atoms with van der Waals surface area (Å²) in [6, 6.07) is 7.88. The van der Waals surface area contributed by atoms with E-state index in [9.17, 15) is 9.90 Å². The van der Waals surface area contributed by atoms with Crippen LogP contribution in [0.25, 0.3) is 0 Å². The number of aliphatic hydroxyl groups is 1. The van der Waals surface area contributed by atoms with Gasteiger partial charge in [0, 0.05) is 6.42 Å². The summed E-state index contributed by atoms with van der Waals surface area (Å²) >= 11 is 0. The van der Waals surface area contributed by atoms with Crippen LogP contribution >= 0.6 is 0 Å². The third kappa shape index (κ3) is 5.00. The summed E-state index contributed by atoms with van der Waals surface area (Å²) in [6.45, 7) is 2.02. The smallest absolute Gasteiger partial charge is 0.305 e. The Morgan fingerprint density at radius 1 is 1.29 bits per heavy atom. The predicted molar refractivity (Wildman–Crippen MR) is 66.6 cm³/mol. The average molecular weight is 236 g/mol. The Bertz CT molecular complexity index is 343. The molecule has 94 valence electrons. The number of rotatable bonds is 6. The molecule has 1 unspecified atom stereocenters. The van der Waals surface area contributed by atoms with Crippen molar-refractivity contribution < 1.29 is 14.6 Å². The predicted octanol–water partition coefficient (Wildman–Crippen LogP) is 2.76. The minimum absolute atomic E-state index is 0.185. The van der Waals surface area contributed by atoms with Crippen molar-refractivity contribution in [3.8, 4) is 0 Å². The summed E-state index contributed by atoms with van der Waals surface area (Å²) in [5.41, 5.74) is 2.13. The fraction of sp³-hybridized carbons (Fsp3) is 0.500. The molecule has 0 radical (unpaired) electrons. The van der Waals surface area contributed by atoms with Gasteiger partial charge in [0.25, 0.3) is 0 Å². The van der Waals surface area contributed by atoms with Gasteiger partial charge in [-0.25, -0.2) is 0 Å². The van der Waals surface area contributed by atoms with Crippen molar-refractivity contribution >= 4 is 5.97 Å². The summed E-state index contributed by atoms with van der Waals surface area (Å²) in [7, 11) is 1.39. The molecule has 0 aliphatic heterocycles. The van der Waals surface area contributed by atoms with Crippen LogP contribution in [-0.2, 0) is 9.53 Å². The average Bonchev–Trinajstić information content (AvgIpc) is 2.34. The van der Waals surface area contributed by atoms with Gasteiger partial charge in [0.1, 0.15) is 0 Å². The maximum absolute atomic E-state index is 10.9. The first-order chi connectivity index (χ1) is 8.13. The first-order valence-corrected chi connectivity index (χ1v) is 5.95. The number of carbonyl (C=O) groups excluding carboxylic acids is 1. The summed E-state index contributed by atoms with van der Waals surface area (Å²) in [6.07, 6.45) is 2.25. The first kappa shape index (κ1) is 13.7. The fourth-order valence-corrected chi connectivity index (χ4v) is 1.66. The Balaban J connectivity index is 2.27. The van der Waals surface area contributed by atoms with Crippen molar-refractivity contribution in [2.75, 3.05) is 7.11 Å². The van der Waals surface area contributed by atoms with Crippen LogP contribution in [-0.4, -0.2) is 18.2 Å². The van der Waals surface area contributed by atoms with E-state index < -0.39 is 6.10 Å². The molecule has 1 N–H and O–H groups in total. The molecular weight excluding hydrogens is 216 g/mol. The van der Waals surface area contributed by atoms with E-state index >= 15 is 0 Å². The van der Waals surface area contributed by atoms with E-state index in [1.54, 1.807) is 0 Å². The van der Waals surface area contributed by atoms with Gasteiger partial charge in [-0.15, -0.1) is 0 Å². The van der Waals surface area contributed by atoms with Crippen molar-refractivity contribution in [2.45, 2.75) is 38.7 Å². The highest BCUT2D eigenvalue weighted by Gasteiger charge is 2.07. The lowest BCUT2D eigenvalue weighted by atomic mass is 10.0. The number of unbranched alkanes of at least 4 members (excludes halogenated alkanes) is 1. The molecule has 17 heavy (non-hydrogen) atoms. The second-order valence-corrected chi connectivity index (χ2v) is 4.25. The number of carbonyl (C=O) groups is 1. The summed E-state index contributed by atoms with van der Waals surface area (Å²) in [4.78, 5) is 10.9. The van der Waals surface area contributed by atoms with Gasteiger partial charge in [-0.2, -0.15) is 0 Å². The van der Waals surface area contributed by atoms with E-state index in [0.29, 0.717) is 12.8 Å². The minimum Gasteiger partial charge on any atom is -0.469 e. The third-order valence-corrected chi connectivity index (χ3v) is 2.80. The monoisotopic (exact) mass is 236 g/mol. The Labute approximate surface area is 102 Å². The maximum atomic E-state index is 10.9. The molecule has 0 saturated carbocycles. The Kier molecular flexibility index (Phi) is 5.70. The van der Waals surface area contributed by atoms with Gasteiger partial charge in [0.15, 0.2) is 0 Å². The van der Waals surface area contributed by atoms with Crippen LogP contribution in [0.3, 0.4) is 0 Å². The van der Waals surface area contributed by atoms with Gasteiger partial charge >= 0.3 is 5.97 Å². The quantitative estimate of drug-likeness (QED) is 0.610. The molecule has 3 heteroatoms. The number of benzene rings is 1. The zero-order chi connectivity index (χ0) is 12.7. The van der Waals surface area contributed by atoms with Gasteiger partial charge in [-0.3, -0.25) is 4.79 Å². The van der Waals surface area contributed by atoms with Gasteiger partial charge in [-0.05, 0) is 31.7 Å². The number of esters is 1. The SMILES string of the molecule is COC(=O)CCCCC(O)c1ccc(C)cc1. The van der Waals surface area contributed by atoms with E-state index in [0.717, 1.165) is 18.4 Å². The summed E-state index contributed by atoms with van der Waals surface area (Å²) in [5.74, 6) is -0.185. The second-order valence-electron chi connectivity index (χ2n) is 4.25. The topological polar surface area (TPSA) is 46.5 Å². The van der Waals surface area contributed by atoms with Gasteiger partial charge < -0.3 is 9.84 Å². The van der Waals surface area contributed by atoms with Crippen LogP contribution in [0, 0.1) is 6.92 Å². The third-order valence-electron chi connectivity index (χ3n) is 2.80. The van der Waals surface area contributed by atoms with E-state index in [1.165, 1.54) is 12.7 Å². The van der Waals surface area contributed by atoms with E-state index in [1.807, 2.05) is 31.2 Å². The van der Waals surface area contributed by atoms with Gasteiger partial charge in [0.2, 0.25) is 0 Å². The zero-order valence-corrected chi connectivity index (χ0v) is 10.5. The van der Waals surface area contributed by atoms with Crippen molar-refractivity contribution in [2.24, 2.45) is 0 Å². The molecule has 0 spiro atoms. The number of hydrogen-bond donors (Lipinski definition) is 1. The number of aliphatic hydroxyl groups excluding tert-OH is 1. The lowest BCUT2D eigenvalue weighted by Crippen LogP contribution is -2.01. The van der Waals surface area contributed by atoms with E-state index in [-0.39, 0.29) is 5.97 Å². The van der Waals surface area contributed by atoms with Crippen molar-refractivity contribution in [1.82, 2.24) is 0 Å². The number of hydrogen-bond acceptors (Lipinski definition) is 3.